The number of aromatic nitrogens is 2. The second kappa shape index (κ2) is 7.65. The number of benzene rings is 1. The lowest BCUT2D eigenvalue weighted by Gasteiger charge is -2.30. The Morgan fingerprint density at radius 3 is 2.63 bits per heavy atom. The van der Waals surface area contributed by atoms with Crippen molar-refractivity contribution in [1.29, 1.82) is 0 Å². The third kappa shape index (κ3) is 3.86. The molecule has 27 heavy (non-hydrogen) atoms. The first kappa shape index (κ1) is 17.3. The van der Waals surface area contributed by atoms with Crippen LogP contribution in [0.5, 0.6) is 5.75 Å². The van der Waals surface area contributed by atoms with Gasteiger partial charge in [-0.25, -0.2) is 0 Å². The number of ether oxygens (including phenoxy) is 1. The molecule has 1 amide bonds. The SMILES string of the molecule is COc1ccc(CC(=O)N2CCC(c3nnc(-c4ccoc4)o3)CC2)cc1. The van der Waals surface area contributed by atoms with E-state index in [9.17, 15) is 4.79 Å². The molecule has 4 rings (SSSR count). The fourth-order valence-corrected chi connectivity index (χ4v) is 3.31. The van der Waals surface area contributed by atoms with Crippen LogP contribution in [0.1, 0.15) is 30.2 Å². The number of hydrogen-bond donors (Lipinski definition) is 0. The number of likely N-dealkylation sites (tertiary alicyclic amines) is 1. The molecule has 140 valence electrons. The van der Waals surface area contributed by atoms with Gasteiger partial charge in [-0.3, -0.25) is 4.79 Å². The molecule has 3 heterocycles. The molecule has 2 aromatic heterocycles. The zero-order valence-electron chi connectivity index (χ0n) is 15.1. The highest BCUT2D eigenvalue weighted by atomic mass is 16.5. The summed E-state index contributed by atoms with van der Waals surface area (Å²) < 4.78 is 16.0. The van der Waals surface area contributed by atoms with Gasteiger partial charge in [-0.2, -0.15) is 0 Å². The first-order chi connectivity index (χ1) is 13.2. The van der Waals surface area contributed by atoms with E-state index in [0.717, 1.165) is 29.7 Å². The quantitative estimate of drug-likeness (QED) is 0.688. The molecular weight excluding hydrogens is 346 g/mol. The number of methoxy groups -OCH3 is 1. The molecule has 0 unspecified atom stereocenters. The number of carbonyl (C=O) groups is 1. The average Bonchev–Trinajstić information content (AvgIpc) is 3.40. The van der Waals surface area contributed by atoms with Crippen LogP contribution in [0.15, 0.2) is 51.7 Å². The molecule has 0 aliphatic carbocycles. The lowest BCUT2D eigenvalue weighted by molar-refractivity contribution is -0.131. The lowest BCUT2D eigenvalue weighted by atomic mass is 9.96. The van der Waals surface area contributed by atoms with Gasteiger partial charge in [0.25, 0.3) is 5.89 Å². The van der Waals surface area contributed by atoms with Gasteiger partial charge in [-0.05, 0) is 36.6 Å². The van der Waals surface area contributed by atoms with Gasteiger partial charge in [0.2, 0.25) is 11.8 Å². The van der Waals surface area contributed by atoms with E-state index in [1.165, 1.54) is 0 Å². The topological polar surface area (TPSA) is 81.6 Å². The standard InChI is InChI=1S/C20H21N3O4/c1-25-17-4-2-14(3-5-17)12-18(24)23-9-6-15(7-10-23)19-21-22-20(27-19)16-8-11-26-13-16/h2-5,8,11,13,15H,6-7,9-10,12H2,1H3. The van der Waals surface area contributed by atoms with Gasteiger partial charge >= 0.3 is 0 Å². The highest BCUT2D eigenvalue weighted by Crippen LogP contribution is 2.29. The number of rotatable bonds is 5. The Hall–Kier alpha value is -3.09. The van der Waals surface area contributed by atoms with Crippen molar-refractivity contribution in [2.75, 3.05) is 20.2 Å². The molecule has 0 N–H and O–H groups in total. The van der Waals surface area contributed by atoms with Crippen molar-refractivity contribution >= 4 is 5.91 Å². The van der Waals surface area contributed by atoms with E-state index < -0.39 is 0 Å². The van der Waals surface area contributed by atoms with Crippen LogP contribution in [0.2, 0.25) is 0 Å². The predicted octanol–water partition coefficient (Wildman–Crippen LogP) is 3.29. The molecule has 7 nitrogen and oxygen atoms in total. The van der Waals surface area contributed by atoms with Crippen LogP contribution in [0.3, 0.4) is 0 Å². The molecule has 1 aliphatic heterocycles. The van der Waals surface area contributed by atoms with Crippen molar-refractivity contribution in [2.24, 2.45) is 0 Å². The molecule has 3 aromatic rings. The monoisotopic (exact) mass is 367 g/mol. The number of furan rings is 1. The second-order valence-corrected chi connectivity index (χ2v) is 6.64. The predicted molar refractivity (Wildman–Crippen MR) is 97.3 cm³/mol. The third-order valence-corrected chi connectivity index (χ3v) is 4.92. The zero-order chi connectivity index (χ0) is 18.6. The van der Waals surface area contributed by atoms with Crippen LogP contribution in [-0.4, -0.2) is 41.2 Å². The summed E-state index contributed by atoms with van der Waals surface area (Å²) in [5.41, 5.74) is 1.77. The van der Waals surface area contributed by atoms with E-state index in [2.05, 4.69) is 10.2 Å². The van der Waals surface area contributed by atoms with E-state index in [0.29, 0.717) is 31.3 Å². The van der Waals surface area contributed by atoms with Crippen LogP contribution >= 0.6 is 0 Å². The van der Waals surface area contributed by atoms with Crippen LogP contribution in [0.25, 0.3) is 11.5 Å². The highest BCUT2D eigenvalue weighted by molar-refractivity contribution is 5.78. The summed E-state index contributed by atoms with van der Waals surface area (Å²) in [6, 6.07) is 9.40. The first-order valence-corrected chi connectivity index (χ1v) is 8.99. The van der Waals surface area contributed by atoms with Crippen LogP contribution < -0.4 is 4.74 Å². The number of piperidine rings is 1. The highest BCUT2D eigenvalue weighted by Gasteiger charge is 2.27. The molecule has 0 radical (unpaired) electrons. The fraction of sp³-hybridized carbons (Fsp3) is 0.350. The Morgan fingerprint density at radius 1 is 1.19 bits per heavy atom. The van der Waals surface area contributed by atoms with Crippen LogP contribution in [0, 0.1) is 0 Å². The van der Waals surface area contributed by atoms with Crippen molar-refractivity contribution < 1.29 is 18.4 Å². The molecule has 1 aliphatic rings. The van der Waals surface area contributed by atoms with Crippen LogP contribution in [-0.2, 0) is 11.2 Å². The largest absolute Gasteiger partial charge is 0.497 e. The minimum Gasteiger partial charge on any atom is -0.497 e. The van der Waals surface area contributed by atoms with E-state index >= 15 is 0 Å². The molecule has 7 heteroatoms. The van der Waals surface area contributed by atoms with Crippen molar-refractivity contribution in [3.05, 3.63) is 54.3 Å². The van der Waals surface area contributed by atoms with E-state index in [1.54, 1.807) is 25.7 Å². The molecule has 0 saturated carbocycles. The summed E-state index contributed by atoms with van der Waals surface area (Å²) in [5, 5.41) is 8.27. The molecule has 1 aromatic carbocycles. The van der Waals surface area contributed by atoms with Gasteiger partial charge in [0, 0.05) is 19.0 Å². The molecule has 0 spiro atoms. The maximum Gasteiger partial charge on any atom is 0.250 e. The summed E-state index contributed by atoms with van der Waals surface area (Å²) in [7, 11) is 1.63. The normalized spacial score (nSPS) is 15.1. The van der Waals surface area contributed by atoms with Gasteiger partial charge in [0.15, 0.2) is 0 Å². The van der Waals surface area contributed by atoms with Crippen molar-refractivity contribution in [3.8, 4) is 17.2 Å². The van der Waals surface area contributed by atoms with Gasteiger partial charge in [0.05, 0.1) is 25.4 Å². The fourth-order valence-electron chi connectivity index (χ4n) is 3.31. The van der Waals surface area contributed by atoms with E-state index in [4.69, 9.17) is 13.6 Å². The summed E-state index contributed by atoms with van der Waals surface area (Å²) in [6.07, 6.45) is 5.20. The van der Waals surface area contributed by atoms with Gasteiger partial charge in [-0.1, -0.05) is 12.1 Å². The third-order valence-electron chi connectivity index (χ3n) is 4.92. The van der Waals surface area contributed by atoms with Gasteiger partial charge in [-0.15, -0.1) is 10.2 Å². The zero-order valence-corrected chi connectivity index (χ0v) is 15.1. The Balaban J connectivity index is 1.32. The lowest BCUT2D eigenvalue weighted by Crippen LogP contribution is -2.38. The maximum atomic E-state index is 12.6. The van der Waals surface area contributed by atoms with Crippen LogP contribution in [0.4, 0.5) is 0 Å². The summed E-state index contributed by atoms with van der Waals surface area (Å²) in [6.45, 7) is 1.39. The Labute approximate surface area is 156 Å². The Morgan fingerprint density at radius 2 is 1.96 bits per heavy atom. The summed E-state index contributed by atoms with van der Waals surface area (Å²) in [4.78, 5) is 14.5. The minimum atomic E-state index is 0.142. The number of carbonyl (C=O) groups excluding carboxylic acids is 1. The van der Waals surface area contributed by atoms with Crippen molar-refractivity contribution in [1.82, 2.24) is 15.1 Å². The molecule has 0 atom stereocenters. The summed E-state index contributed by atoms with van der Waals surface area (Å²) >= 11 is 0. The van der Waals surface area contributed by atoms with Gasteiger partial charge < -0.3 is 18.5 Å². The Kier molecular flexibility index (Phi) is 4.91. The Bertz CT molecular complexity index is 878. The summed E-state index contributed by atoms with van der Waals surface area (Å²) in [5.74, 6) is 2.22. The minimum absolute atomic E-state index is 0.142. The number of nitrogens with zero attached hydrogens (tertiary/aromatic N) is 3. The smallest absolute Gasteiger partial charge is 0.250 e. The maximum absolute atomic E-state index is 12.6. The van der Waals surface area contributed by atoms with E-state index in [1.807, 2.05) is 29.2 Å². The number of hydrogen-bond acceptors (Lipinski definition) is 6. The molecular formula is C20H21N3O4. The molecule has 1 fully saturated rings. The van der Waals surface area contributed by atoms with E-state index in [-0.39, 0.29) is 11.8 Å². The van der Waals surface area contributed by atoms with Crippen molar-refractivity contribution in [3.63, 3.8) is 0 Å². The second-order valence-electron chi connectivity index (χ2n) is 6.64. The van der Waals surface area contributed by atoms with Crippen molar-refractivity contribution in [2.45, 2.75) is 25.2 Å². The average molecular weight is 367 g/mol. The molecule has 1 saturated heterocycles. The molecule has 0 bridgehead atoms. The number of amides is 1. The van der Waals surface area contributed by atoms with Gasteiger partial charge in [0.1, 0.15) is 12.0 Å². The first-order valence-electron chi connectivity index (χ1n) is 8.99.